The molecular formula is C21H26N6O3S. The van der Waals surface area contributed by atoms with Gasteiger partial charge in [-0.05, 0) is 55.0 Å². The molecule has 2 aromatic heterocycles. The lowest BCUT2D eigenvalue weighted by molar-refractivity contribution is 0.309. The molecule has 10 heteroatoms. The van der Waals surface area contributed by atoms with Gasteiger partial charge in [-0.2, -0.15) is 0 Å². The van der Waals surface area contributed by atoms with E-state index in [4.69, 9.17) is 4.74 Å². The molecule has 0 unspecified atom stereocenters. The van der Waals surface area contributed by atoms with Crippen LogP contribution in [0.5, 0.6) is 5.75 Å². The van der Waals surface area contributed by atoms with Crippen molar-refractivity contribution in [3.8, 4) is 5.75 Å². The Hall–Kier alpha value is -3.24. The molecule has 0 aliphatic carbocycles. The van der Waals surface area contributed by atoms with E-state index in [0.29, 0.717) is 36.4 Å². The fourth-order valence-electron chi connectivity index (χ4n) is 2.57. The van der Waals surface area contributed by atoms with Crippen LogP contribution in [0.3, 0.4) is 0 Å². The summed E-state index contributed by atoms with van der Waals surface area (Å²) in [7, 11) is -3.60. The second-order valence-corrected chi connectivity index (χ2v) is 8.41. The zero-order valence-corrected chi connectivity index (χ0v) is 18.1. The third-order valence-electron chi connectivity index (χ3n) is 4.21. The van der Waals surface area contributed by atoms with Crippen LogP contribution in [0.15, 0.2) is 65.7 Å². The van der Waals surface area contributed by atoms with E-state index in [-0.39, 0.29) is 11.4 Å². The summed E-state index contributed by atoms with van der Waals surface area (Å²) in [6.07, 6.45) is 3.69. The van der Waals surface area contributed by atoms with E-state index in [9.17, 15) is 8.42 Å². The number of ether oxygens (including phenoxy) is 1. The predicted molar refractivity (Wildman–Crippen MR) is 120 cm³/mol. The Labute approximate surface area is 182 Å². The number of benzene rings is 1. The second-order valence-electron chi connectivity index (χ2n) is 6.64. The summed E-state index contributed by atoms with van der Waals surface area (Å²) in [5, 5.41) is 14.2. The van der Waals surface area contributed by atoms with Crippen molar-refractivity contribution in [1.82, 2.24) is 19.9 Å². The first-order valence-corrected chi connectivity index (χ1v) is 11.5. The molecule has 3 aromatic rings. The lowest BCUT2D eigenvalue weighted by Crippen LogP contribution is -2.29. The van der Waals surface area contributed by atoms with Crippen LogP contribution in [0.25, 0.3) is 0 Å². The number of sulfonamides is 1. The zero-order valence-electron chi connectivity index (χ0n) is 17.3. The molecule has 0 amide bonds. The molecule has 0 radical (unpaired) electrons. The topological polar surface area (TPSA) is 118 Å². The van der Waals surface area contributed by atoms with Gasteiger partial charge in [-0.15, -0.1) is 10.2 Å². The Morgan fingerprint density at radius 3 is 2.35 bits per heavy atom. The number of hydrogen-bond donors (Lipinski definition) is 3. The van der Waals surface area contributed by atoms with Crippen molar-refractivity contribution >= 4 is 27.5 Å². The van der Waals surface area contributed by atoms with Gasteiger partial charge in [0.15, 0.2) is 5.82 Å². The molecular weight excluding hydrogens is 416 g/mol. The second kappa shape index (κ2) is 11.2. The standard InChI is InChI=1S/C21H26N6O3S/c1-2-3-16-30-17-7-9-18(10-8-17)31(28,29)24-15-14-23-20-11-12-21(27-26-20)25-19-6-4-5-13-22-19/h4-13,24H,2-3,14-16H2,1H3,(H,23,26)(H,22,25,27). The number of unbranched alkanes of at least 4 members (excludes halogenated alkanes) is 1. The normalized spacial score (nSPS) is 11.1. The maximum Gasteiger partial charge on any atom is 0.240 e. The van der Waals surface area contributed by atoms with Crippen LogP contribution < -0.4 is 20.1 Å². The van der Waals surface area contributed by atoms with Gasteiger partial charge in [0.2, 0.25) is 10.0 Å². The van der Waals surface area contributed by atoms with Crippen LogP contribution in [0.4, 0.5) is 17.5 Å². The van der Waals surface area contributed by atoms with Gasteiger partial charge in [0, 0.05) is 19.3 Å². The van der Waals surface area contributed by atoms with Crippen LogP contribution in [0, 0.1) is 0 Å². The lowest BCUT2D eigenvalue weighted by atomic mass is 10.3. The number of pyridine rings is 1. The molecule has 1 aromatic carbocycles. The third-order valence-corrected chi connectivity index (χ3v) is 5.69. The van der Waals surface area contributed by atoms with Crippen molar-refractivity contribution in [2.45, 2.75) is 24.7 Å². The number of hydrogen-bond acceptors (Lipinski definition) is 8. The molecule has 9 nitrogen and oxygen atoms in total. The summed E-state index contributed by atoms with van der Waals surface area (Å²) in [5.41, 5.74) is 0. The van der Waals surface area contributed by atoms with Crippen LogP contribution in [0.2, 0.25) is 0 Å². The van der Waals surface area contributed by atoms with Crippen molar-refractivity contribution in [3.05, 3.63) is 60.8 Å². The van der Waals surface area contributed by atoms with Gasteiger partial charge in [0.05, 0.1) is 11.5 Å². The van der Waals surface area contributed by atoms with Crippen molar-refractivity contribution in [2.24, 2.45) is 0 Å². The maximum absolute atomic E-state index is 12.4. The molecule has 0 bridgehead atoms. The number of aromatic nitrogens is 3. The fraction of sp³-hybridized carbons (Fsp3) is 0.286. The first kappa shape index (κ1) is 22.4. The van der Waals surface area contributed by atoms with Crippen molar-refractivity contribution in [3.63, 3.8) is 0 Å². The van der Waals surface area contributed by atoms with Gasteiger partial charge < -0.3 is 15.4 Å². The molecule has 3 rings (SSSR count). The fourth-order valence-corrected chi connectivity index (χ4v) is 3.60. The van der Waals surface area contributed by atoms with Crippen molar-refractivity contribution < 1.29 is 13.2 Å². The van der Waals surface area contributed by atoms with E-state index < -0.39 is 10.0 Å². The maximum atomic E-state index is 12.4. The summed E-state index contributed by atoms with van der Waals surface area (Å²) >= 11 is 0. The molecule has 0 saturated carbocycles. The molecule has 0 aliphatic heterocycles. The number of nitrogens with one attached hydrogen (secondary N) is 3. The molecule has 164 valence electrons. The van der Waals surface area contributed by atoms with E-state index in [1.165, 1.54) is 12.1 Å². The molecule has 2 heterocycles. The Morgan fingerprint density at radius 2 is 1.68 bits per heavy atom. The highest BCUT2D eigenvalue weighted by atomic mass is 32.2. The molecule has 0 aliphatic rings. The highest BCUT2D eigenvalue weighted by molar-refractivity contribution is 7.89. The summed E-state index contributed by atoms with van der Waals surface area (Å²) < 4.78 is 32.9. The third kappa shape index (κ3) is 7.19. The Bertz CT molecular complexity index is 1030. The predicted octanol–water partition coefficient (Wildman–Crippen LogP) is 3.18. The summed E-state index contributed by atoms with van der Waals surface area (Å²) in [4.78, 5) is 4.35. The minimum atomic E-state index is -3.60. The van der Waals surface area contributed by atoms with Crippen LogP contribution in [0.1, 0.15) is 19.8 Å². The number of anilines is 3. The molecule has 0 fully saturated rings. The summed E-state index contributed by atoms with van der Waals surface area (Å²) in [5.74, 6) is 2.44. The van der Waals surface area contributed by atoms with Crippen molar-refractivity contribution in [1.29, 1.82) is 0 Å². The Morgan fingerprint density at radius 1 is 0.903 bits per heavy atom. The zero-order chi connectivity index (χ0) is 21.9. The largest absolute Gasteiger partial charge is 0.494 e. The van der Waals surface area contributed by atoms with Crippen molar-refractivity contribution in [2.75, 3.05) is 30.3 Å². The van der Waals surface area contributed by atoms with Gasteiger partial charge >= 0.3 is 0 Å². The molecule has 0 spiro atoms. The Kier molecular flexibility index (Phi) is 8.13. The first-order valence-electron chi connectivity index (χ1n) is 10.0. The van der Waals surface area contributed by atoms with Crippen LogP contribution in [-0.2, 0) is 10.0 Å². The van der Waals surface area contributed by atoms with Crippen LogP contribution in [-0.4, -0.2) is 43.3 Å². The van der Waals surface area contributed by atoms with E-state index in [0.717, 1.165) is 12.8 Å². The smallest absolute Gasteiger partial charge is 0.240 e. The van der Waals surface area contributed by atoms with Gasteiger partial charge in [0.1, 0.15) is 17.4 Å². The quantitative estimate of drug-likeness (QED) is 0.366. The van der Waals surface area contributed by atoms with Gasteiger partial charge in [-0.1, -0.05) is 19.4 Å². The van der Waals surface area contributed by atoms with Gasteiger partial charge in [-0.25, -0.2) is 18.1 Å². The van der Waals surface area contributed by atoms with Gasteiger partial charge in [-0.3, -0.25) is 0 Å². The minimum Gasteiger partial charge on any atom is -0.494 e. The van der Waals surface area contributed by atoms with Crippen LogP contribution >= 0.6 is 0 Å². The Balaban J connectivity index is 1.43. The highest BCUT2D eigenvalue weighted by Gasteiger charge is 2.13. The average molecular weight is 443 g/mol. The van der Waals surface area contributed by atoms with E-state index in [1.54, 1.807) is 30.5 Å². The monoisotopic (exact) mass is 442 g/mol. The average Bonchev–Trinajstić information content (AvgIpc) is 2.79. The number of rotatable bonds is 12. The molecule has 0 saturated heterocycles. The molecule has 31 heavy (non-hydrogen) atoms. The highest BCUT2D eigenvalue weighted by Crippen LogP contribution is 2.16. The van der Waals surface area contributed by atoms with E-state index in [2.05, 4.69) is 37.5 Å². The number of nitrogens with zero attached hydrogens (tertiary/aromatic N) is 3. The first-order chi connectivity index (χ1) is 15.1. The molecule has 0 atom stereocenters. The van der Waals surface area contributed by atoms with Gasteiger partial charge in [0.25, 0.3) is 0 Å². The summed E-state index contributed by atoms with van der Waals surface area (Å²) in [6, 6.07) is 15.4. The molecule has 3 N–H and O–H groups in total. The minimum absolute atomic E-state index is 0.195. The van der Waals surface area contributed by atoms with E-state index >= 15 is 0 Å². The lowest BCUT2D eigenvalue weighted by Gasteiger charge is -2.10. The van der Waals surface area contributed by atoms with E-state index in [1.807, 2.05) is 18.2 Å². The SMILES string of the molecule is CCCCOc1ccc(S(=O)(=O)NCCNc2ccc(Nc3ccccn3)nn2)cc1. The summed E-state index contributed by atoms with van der Waals surface area (Å²) in [6.45, 7) is 3.27.